The number of nitrogens with zero attached hydrogens (tertiary/aromatic N) is 1. The second-order valence-corrected chi connectivity index (χ2v) is 7.11. The average molecular weight is 340 g/mol. The molecule has 4 rings (SSSR count). The van der Waals surface area contributed by atoms with E-state index in [9.17, 15) is 4.79 Å². The van der Waals surface area contributed by atoms with Crippen LogP contribution >= 0.6 is 0 Å². The summed E-state index contributed by atoms with van der Waals surface area (Å²) in [6.07, 6.45) is 6.21. The molecule has 1 aromatic heterocycles. The van der Waals surface area contributed by atoms with Crippen LogP contribution in [0, 0.1) is 6.92 Å². The summed E-state index contributed by atoms with van der Waals surface area (Å²) in [5.74, 6) is 2.58. The molecular weight excluding hydrogens is 316 g/mol. The van der Waals surface area contributed by atoms with Gasteiger partial charge in [0.05, 0.1) is 6.10 Å². The van der Waals surface area contributed by atoms with Gasteiger partial charge in [-0.25, -0.2) is 4.98 Å². The van der Waals surface area contributed by atoms with Gasteiger partial charge in [0.25, 0.3) is 5.91 Å². The van der Waals surface area contributed by atoms with Gasteiger partial charge in [0.1, 0.15) is 11.5 Å². The number of aromatic nitrogens is 1. The number of oxazole rings is 1. The third-order valence-electron chi connectivity index (χ3n) is 5.01. The lowest BCUT2D eigenvalue weighted by atomic mass is 9.93. The maximum atomic E-state index is 12.5. The smallest absolute Gasteiger partial charge is 0.273 e. The van der Waals surface area contributed by atoms with Crippen molar-refractivity contribution in [3.05, 3.63) is 47.7 Å². The maximum absolute atomic E-state index is 12.5. The molecule has 1 aromatic carbocycles. The first kappa shape index (κ1) is 16.2. The molecule has 5 nitrogen and oxygen atoms in total. The van der Waals surface area contributed by atoms with Crippen LogP contribution < -0.4 is 10.1 Å². The Labute approximate surface area is 147 Å². The van der Waals surface area contributed by atoms with Gasteiger partial charge in [0.2, 0.25) is 0 Å². The van der Waals surface area contributed by atoms with Gasteiger partial charge in [-0.2, -0.15) is 0 Å². The monoisotopic (exact) mass is 340 g/mol. The molecule has 1 amide bonds. The Morgan fingerprint density at radius 1 is 1.12 bits per heavy atom. The Morgan fingerprint density at radius 2 is 1.84 bits per heavy atom. The van der Waals surface area contributed by atoms with E-state index in [1.54, 1.807) is 0 Å². The van der Waals surface area contributed by atoms with Crippen LogP contribution in [0.1, 0.15) is 66.6 Å². The zero-order chi connectivity index (χ0) is 17.2. The highest BCUT2D eigenvalue weighted by atomic mass is 16.5. The number of nitrogens with one attached hydrogen (secondary N) is 1. The largest absolute Gasteiger partial charge is 0.490 e. The number of amides is 1. The Balaban J connectivity index is 1.29. The van der Waals surface area contributed by atoms with Crippen molar-refractivity contribution in [3.8, 4) is 5.75 Å². The summed E-state index contributed by atoms with van der Waals surface area (Å²) in [6, 6.07) is 10.1. The van der Waals surface area contributed by atoms with E-state index >= 15 is 0 Å². The quantitative estimate of drug-likeness (QED) is 0.894. The number of benzene rings is 1. The molecule has 5 heteroatoms. The van der Waals surface area contributed by atoms with Crippen molar-refractivity contribution >= 4 is 5.91 Å². The van der Waals surface area contributed by atoms with Gasteiger partial charge in [-0.15, -0.1) is 0 Å². The van der Waals surface area contributed by atoms with Gasteiger partial charge in [-0.3, -0.25) is 4.79 Å². The predicted octanol–water partition coefficient (Wildman–Crippen LogP) is 3.98. The molecule has 0 saturated heterocycles. The van der Waals surface area contributed by atoms with Crippen LogP contribution in [0.2, 0.25) is 0 Å². The highest BCUT2D eigenvalue weighted by Crippen LogP contribution is 2.40. The van der Waals surface area contributed by atoms with Gasteiger partial charge in [-0.1, -0.05) is 18.2 Å². The molecule has 0 radical (unpaired) electrons. The van der Waals surface area contributed by atoms with Crippen LogP contribution in [0.15, 0.2) is 34.7 Å². The van der Waals surface area contributed by atoms with E-state index in [-0.39, 0.29) is 18.1 Å². The molecule has 2 saturated carbocycles. The van der Waals surface area contributed by atoms with Crippen molar-refractivity contribution in [3.63, 3.8) is 0 Å². The van der Waals surface area contributed by atoms with Crippen LogP contribution in [0.5, 0.6) is 5.75 Å². The fraction of sp³-hybridized carbons (Fsp3) is 0.500. The summed E-state index contributed by atoms with van der Waals surface area (Å²) in [5, 5.41) is 3.12. The predicted molar refractivity (Wildman–Crippen MR) is 93.8 cm³/mol. The Bertz CT molecular complexity index is 729. The summed E-state index contributed by atoms with van der Waals surface area (Å²) >= 11 is 0. The lowest BCUT2D eigenvalue weighted by Crippen LogP contribution is -2.40. The second-order valence-electron chi connectivity index (χ2n) is 7.11. The van der Waals surface area contributed by atoms with E-state index in [0.717, 1.165) is 50.2 Å². The molecule has 0 unspecified atom stereocenters. The van der Waals surface area contributed by atoms with Crippen molar-refractivity contribution < 1.29 is 13.9 Å². The number of ether oxygens (including phenoxy) is 1. The van der Waals surface area contributed by atoms with Gasteiger partial charge < -0.3 is 14.5 Å². The molecule has 0 aliphatic heterocycles. The molecular formula is C20H24N2O3. The van der Waals surface area contributed by atoms with E-state index in [0.29, 0.717) is 17.4 Å². The van der Waals surface area contributed by atoms with E-state index in [1.807, 2.05) is 37.3 Å². The summed E-state index contributed by atoms with van der Waals surface area (Å²) < 4.78 is 11.6. The van der Waals surface area contributed by atoms with Crippen molar-refractivity contribution in [2.45, 2.75) is 63.5 Å². The third kappa shape index (κ3) is 3.86. The molecule has 0 atom stereocenters. The Morgan fingerprint density at radius 3 is 2.52 bits per heavy atom. The van der Waals surface area contributed by atoms with Gasteiger partial charge >= 0.3 is 0 Å². The molecule has 0 bridgehead atoms. The van der Waals surface area contributed by atoms with Crippen molar-refractivity contribution in [2.24, 2.45) is 0 Å². The number of rotatable bonds is 5. The number of hydrogen-bond acceptors (Lipinski definition) is 4. The van der Waals surface area contributed by atoms with Crippen LogP contribution in [0.25, 0.3) is 0 Å². The minimum absolute atomic E-state index is 0.111. The fourth-order valence-corrected chi connectivity index (χ4v) is 3.40. The summed E-state index contributed by atoms with van der Waals surface area (Å²) in [5.41, 5.74) is 0.449. The van der Waals surface area contributed by atoms with E-state index in [2.05, 4.69) is 10.3 Å². The topological polar surface area (TPSA) is 64.4 Å². The lowest BCUT2D eigenvalue weighted by Gasteiger charge is -2.29. The van der Waals surface area contributed by atoms with Crippen molar-refractivity contribution in [1.82, 2.24) is 10.3 Å². The molecule has 0 spiro atoms. The molecule has 1 heterocycles. The normalized spacial score (nSPS) is 23.2. The molecule has 2 aromatic rings. The van der Waals surface area contributed by atoms with E-state index in [1.165, 1.54) is 0 Å². The van der Waals surface area contributed by atoms with Crippen LogP contribution in [0.3, 0.4) is 0 Å². The first-order chi connectivity index (χ1) is 12.2. The van der Waals surface area contributed by atoms with Crippen LogP contribution in [-0.4, -0.2) is 23.0 Å². The standard InChI is InChI=1S/C20H24N2O3/c1-13-18(22-20(24-13)14-7-8-14)19(23)21-15-9-11-17(12-10-15)25-16-5-3-2-4-6-16/h2-6,14-15,17H,7-12H2,1H3,(H,21,23). The molecule has 2 fully saturated rings. The number of hydrogen-bond donors (Lipinski definition) is 1. The van der Waals surface area contributed by atoms with Gasteiger partial charge in [0.15, 0.2) is 11.6 Å². The van der Waals surface area contributed by atoms with Gasteiger partial charge in [-0.05, 0) is 57.6 Å². The van der Waals surface area contributed by atoms with E-state index in [4.69, 9.17) is 9.15 Å². The molecule has 25 heavy (non-hydrogen) atoms. The number of carbonyl (C=O) groups excluding carboxylic acids is 1. The highest BCUT2D eigenvalue weighted by molar-refractivity contribution is 5.93. The molecule has 1 N–H and O–H groups in total. The zero-order valence-electron chi connectivity index (χ0n) is 14.5. The average Bonchev–Trinajstić information content (AvgIpc) is 3.40. The number of aryl methyl sites for hydroxylation is 1. The Kier molecular flexibility index (Phi) is 4.47. The summed E-state index contributed by atoms with van der Waals surface area (Å²) in [4.78, 5) is 16.9. The minimum atomic E-state index is -0.111. The zero-order valence-corrected chi connectivity index (χ0v) is 14.5. The molecule has 2 aliphatic carbocycles. The highest BCUT2D eigenvalue weighted by Gasteiger charge is 2.31. The first-order valence-corrected chi connectivity index (χ1v) is 9.19. The van der Waals surface area contributed by atoms with Crippen LogP contribution in [-0.2, 0) is 0 Å². The molecule has 2 aliphatic rings. The summed E-state index contributed by atoms with van der Waals surface area (Å²) in [6.45, 7) is 1.82. The second kappa shape index (κ2) is 6.90. The molecule has 132 valence electrons. The van der Waals surface area contributed by atoms with Crippen molar-refractivity contribution in [2.75, 3.05) is 0 Å². The number of carbonyl (C=O) groups is 1. The minimum Gasteiger partial charge on any atom is -0.490 e. The van der Waals surface area contributed by atoms with Crippen molar-refractivity contribution in [1.29, 1.82) is 0 Å². The third-order valence-corrected chi connectivity index (χ3v) is 5.01. The first-order valence-electron chi connectivity index (χ1n) is 9.19. The van der Waals surface area contributed by atoms with Crippen LogP contribution in [0.4, 0.5) is 0 Å². The Hall–Kier alpha value is -2.30. The summed E-state index contributed by atoms with van der Waals surface area (Å²) in [7, 11) is 0. The van der Waals surface area contributed by atoms with Gasteiger partial charge in [0, 0.05) is 12.0 Å². The maximum Gasteiger partial charge on any atom is 0.273 e. The van der Waals surface area contributed by atoms with E-state index < -0.39 is 0 Å². The lowest BCUT2D eigenvalue weighted by molar-refractivity contribution is 0.0888. The number of para-hydroxylation sites is 1. The fourth-order valence-electron chi connectivity index (χ4n) is 3.40. The SMILES string of the molecule is Cc1oc(C2CC2)nc1C(=O)NC1CCC(Oc2ccccc2)CC1.